The number of hydrogen-bond acceptors (Lipinski definition) is 3. The summed E-state index contributed by atoms with van der Waals surface area (Å²) in [7, 11) is 0. The Morgan fingerprint density at radius 2 is 1.80 bits per heavy atom. The standard InChI is InChI=1S/C30H28N2O3/c1-2-21-9-7-15-26-28(20-32-30(21)26)27(18-29(33)31-19-25-14-8-16-34-25)22-10-6-13-24(17-22)35-23-11-4-3-5-12-23/h3-17,20,27,32H,2,18-19H2,1H3,(H,31,33)/t27-/m0/s1. The summed E-state index contributed by atoms with van der Waals surface area (Å²) in [6, 6.07) is 27.7. The highest BCUT2D eigenvalue weighted by Crippen LogP contribution is 2.36. The summed E-state index contributed by atoms with van der Waals surface area (Å²) in [5.74, 6) is 2.06. The molecule has 0 radical (unpaired) electrons. The van der Waals surface area contributed by atoms with Crippen molar-refractivity contribution >= 4 is 16.8 Å². The molecule has 5 aromatic rings. The SMILES string of the molecule is CCc1cccc2c([C@@H](CC(=O)NCc3ccco3)c3cccc(Oc4ccccc4)c3)c[nH]c12. The van der Waals surface area contributed by atoms with Crippen LogP contribution in [0.1, 0.15) is 41.7 Å². The Labute approximate surface area is 204 Å². The average Bonchev–Trinajstić information content (AvgIpc) is 3.57. The second kappa shape index (κ2) is 10.3. The molecule has 1 amide bonds. The third kappa shape index (κ3) is 5.14. The number of nitrogens with one attached hydrogen (secondary N) is 2. The van der Waals surface area contributed by atoms with E-state index in [0.29, 0.717) is 13.0 Å². The van der Waals surface area contributed by atoms with E-state index in [0.717, 1.165) is 45.7 Å². The van der Waals surface area contributed by atoms with Gasteiger partial charge in [0.15, 0.2) is 0 Å². The van der Waals surface area contributed by atoms with Gasteiger partial charge in [0.2, 0.25) is 5.91 Å². The minimum absolute atomic E-state index is 0.0400. The van der Waals surface area contributed by atoms with E-state index in [4.69, 9.17) is 9.15 Å². The first-order valence-electron chi connectivity index (χ1n) is 11.9. The Morgan fingerprint density at radius 3 is 2.60 bits per heavy atom. The highest BCUT2D eigenvalue weighted by atomic mass is 16.5. The zero-order valence-corrected chi connectivity index (χ0v) is 19.7. The molecule has 3 aromatic carbocycles. The van der Waals surface area contributed by atoms with Gasteiger partial charge in [-0.2, -0.15) is 0 Å². The van der Waals surface area contributed by atoms with Gasteiger partial charge in [0, 0.05) is 29.4 Å². The Hall–Kier alpha value is -4.25. The minimum Gasteiger partial charge on any atom is -0.467 e. The van der Waals surface area contributed by atoms with E-state index < -0.39 is 0 Å². The lowest BCUT2D eigenvalue weighted by Crippen LogP contribution is -2.24. The summed E-state index contributed by atoms with van der Waals surface area (Å²) in [5, 5.41) is 4.14. The van der Waals surface area contributed by atoms with Crippen LogP contribution in [0.3, 0.4) is 0 Å². The number of carbonyl (C=O) groups excluding carboxylic acids is 1. The van der Waals surface area contributed by atoms with Crippen molar-refractivity contribution in [2.75, 3.05) is 0 Å². The van der Waals surface area contributed by atoms with Crippen molar-refractivity contribution in [3.63, 3.8) is 0 Å². The highest BCUT2D eigenvalue weighted by Gasteiger charge is 2.23. The molecule has 0 fully saturated rings. The third-order valence-corrected chi connectivity index (χ3v) is 6.26. The molecule has 5 rings (SSSR count). The van der Waals surface area contributed by atoms with Crippen LogP contribution in [-0.2, 0) is 17.8 Å². The molecular formula is C30H28N2O3. The highest BCUT2D eigenvalue weighted by molar-refractivity contribution is 5.88. The van der Waals surface area contributed by atoms with Gasteiger partial charge in [-0.05, 0) is 59.5 Å². The zero-order chi connectivity index (χ0) is 24.0. The lowest BCUT2D eigenvalue weighted by Gasteiger charge is -2.18. The molecule has 2 N–H and O–H groups in total. The monoisotopic (exact) mass is 464 g/mol. The minimum atomic E-state index is -0.146. The molecule has 176 valence electrons. The van der Waals surface area contributed by atoms with Crippen LogP contribution in [0, 0.1) is 0 Å². The van der Waals surface area contributed by atoms with Gasteiger partial charge in [0.05, 0.1) is 12.8 Å². The molecule has 0 saturated carbocycles. The smallest absolute Gasteiger partial charge is 0.221 e. The summed E-state index contributed by atoms with van der Waals surface area (Å²) >= 11 is 0. The predicted octanol–water partition coefficient (Wildman–Crippen LogP) is 6.95. The average molecular weight is 465 g/mol. The number of aromatic nitrogens is 1. The number of ether oxygens (including phenoxy) is 1. The number of aromatic amines is 1. The topological polar surface area (TPSA) is 67.3 Å². The van der Waals surface area contributed by atoms with E-state index in [1.165, 1.54) is 5.56 Å². The Kier molecular flexibility index (Phi) is 6.66. The Morgan fingerprint density at radius 1 is 0.971 bits per heavy atom. The van der Waals surface area contributed by atoms with Crippen molar-refractivity contribution < 1.29 is 13.9 Å². The summed E-state index contributed by atoms with van der Waals surface area (Å²) < 4.78 is 11.5. The summed E-state index contributed by atoms with van der Waals surface area (Å²) in [5.41, 5.74) is 4.51. The number of aryl methyl sites for hydroxylation is 1. The first-order chi connectivity index (χ1) is 17.2. The normalized spacial score (nSPS) is 11.9. The number of furan rings is 1. The Balaban J connectivity index is 1.48. The molecular weight excluding hydrogens is 436 g/mol. The number of fused-ring (bicyclic) bond motifs is 1. The number of benzene rings is 3. The summed E-state index contributed by atoms with van der Waals surface area (Å²) in [6.45, 7) is 2.52. The van der Waals surface area contributed by atoms with Crippen LogP contribution in [-0.4, -0.2) is 10.9 Å². The van der Waals surface area contributed by atoms with Gasteiger partial charge < -0.3 is 19.5 Å². The van der Waals surface area contributed by atoms with E-state index in [-0.39, 0.29) is 11.8 Å². The van der Waals surface area contributed by atoms with Crippen molar-refractivity contribution in [1.29, 1.82) is 0 Å². The van der Waals surface area contributed by atoms with E-state index in [1.54, 1.807) is 6.26 Å². The van der Waals surface area contributed by atoms with Crippen molar-refractivity contribution in [2.24, 2.45) is 0 Å². The van der Waals surface area contributed by atoms with Crippen molar-refractivity contribution in [3.05, 3.63) is 120 Å². The van der Waals surface area contributed by atoms with E-state index in [9.17, 15) is 4.79 Å². The van der Waals surface area contributed by atoms with E-state index in [2.05, 4.69) is 41.5 Å². The number of rotatable bonds is 9. The predicted molar refractivity (Wildman–Crippen MR) is 138 cm³/mol. The van der Waals surface area contributed by atoms with Gasteiger partial charge in [0.1, 0.15) is 17.3 Å². The van der Waals surface area contributed by atoms with Crippen LogP contribution >= 0.6 is 0 Å². The molecule has 0 aliphatic rings. The molecule has 5 nitrogen and oxygen atoms in total. The Bertz CT molecular complexity index is 1400. The number of para-hydroxylation sites is 2. The molecule has 1 atom stereocenters. The van der Waals surface area contributed by atoms with Crippen LogP contribution in [0.15, 0.2) is 102 Å². The van der Waals surface area contributed by atoms with Crippen molar-refractivity contribution in [2.45, 2.75) is 32.2 Å². The van der Waals surface area contributed by atoms with Crippen LogP contribution in [0.25, 0.3) is 10.9 Å². The molecule has 0 saturated heterocycles. The van der Waals surface area contributed by atoms with Crippen LogP contribution in [0.2, 0.25) is 0 Å². The fourth-order valence-electron chi connectivity index (χ4n) is 4.50. The van der Waals surface area contributed by atoms with Crippen molar-refractivity contribution in [1.82, 2.24) is 10.3 Å². The maximum Gasteiger partial charge on any atom is 0.221 e. The van der Waals surface area contributed by atoms with E-state index in [1.807, 2.05) is 66.9 Å². The van der Waals surface area contributed by atoms with Gasteiger partial charge >= 0.3 is 0 Å². The lowest BCUT2D eigenvalue weighted by molar-refractivity contribution is -0.121. The molecule has 0 aliphatic carbocycles. The number of amides is 1. The first kappa shape index (κ1) is 22.5. The fraction of sp³-hybridized carbons (Fsp3) is 0.167. The quantitative estimate of drug-likeness (QED) is 0.248. The molecule has 2 heterocycles. The third-order valence-electron chi connectivity index (χ3n) is 6.26. The zero-order valence-electron chi connectivity index (χ0n) is 19.7. The molecule has 0 spiro atoms. The summed E-state index contributed by atoms with van der Waals surface area (Å²) in [6.07, 6.45) is 4.89. The largest absolute Gasteiger partial charge is 0.467 e. The van der Waals surface area contributed by atoms with Crippen molar-refractivity contribution in [3.8, 4) is 11.5 Å². The number of hydrogen-bond donors (Lipinski definition) is 2. The second-order valence-corrected chi connectivity index (χ2v) is 8.54. The molecule has 0 unspecified atom stereocenters. The maximum absolute atomic E-state index is 13.1. The lowest BCUT2D eigenvalue weighted by atomic mass is 9.87. The van der Waals surface area contributed by atoms with Crippen LogP contribution in [0.5, 0.6) is 11.5 Å². The van der Waals surface area contributed by atoms with Crippen LogP contribution < -0.4 is 10.1 Å². The second-order valence-electron chi connectivity index (χ2n) is 8.54. The molecule has 5 heteroatoms. The summed E-state index contributed by atoms with van der Waals surface area (Å²) in [4.78, 5) is 16.5. The molecule has 35 heavy (non-hydrogen) atoms. The molecule has 0 aliphatic heterocycles. The molecule has 2 aromatic heterocycles. The van der Waals surface area contributed by atoms with Gasteiger partial charge in [-0.3, -0.25) is 4.79 Å². The molecule has 0 bridgehead atoms. The fourth-order valence-corrected chi connectivity index (χ4v) is 4.50. The van der Waals surface area contributed by atoms with Gasteiger partial charge in [0.25, 0.3) is 0 Å². The van der Waals surface area contributed by atoms with E-state index >= 15 is 0 Å². The maximum atomic E-state index is 13.1. The van der Waals surface area contributed by atoms with Crippen LogP contribution in [0.4, 0.5) is 0 Å². The first-order valence-corrected chi connectivity index (χ1v) is 11.9. The number of H-pyrrole nitrogens is 1. The van der Waals surface area contributed by atoms with Gasteiger partial charge in [-0.15, -0.1) is 0 Å². The number of carbonyl (C=O) groups is 1. The van der Waals surface area contributed by atoms with Gasteiger partial charge in [-0.25, -0.2) is 0 Å². The van der Waals surface area contributed by atoms with Gasteiger partial charge in [-0.1, -0.05) is 55.5 Å².